The fraction of sp³-hybridized carbons (Fsp3) is 0.524. The van der Waals surface area contributed by atoms with Crippen LogP contribution < -0.4 is 0 Å². The van der Waals surface area contributed by atoms with E-state index >= 15 is 0 Å². The molecule has 0 radical (unpaired) electrons. The lowest BCUT2D eigenvalue weighted by atomic mass is 9.61. The van der Waals surface area contributed by atoms with Crippen molar-refractivity contribution in [1.82, 2.24) is 9.97 Å². The summed E-state index contributed by atoms with van der Waals surface area (Å²) >= 11 is 0. The Bertz CT molecular complexity index is 871. The number of hydrogen-bond donors (Lipinski definition) is 4. The topological polar surface area (TPSA) is 141 Å². The maximum Gasteiger partial charge on any atom is 0.345 e. The van der Waals surface area contributed by atoms with Crippen LogP contribution in [0.25, 0.3) is 0 Å². The highest BCUT2D eigenvalue weighted by Crippen LogP contribution is 2.83. The van der Waals surface area contributed by atoms with Crippen molar-refractivity contribution in [2.75, 3.05) is 0 Å². The molecule has 0 bridgehead atoms. The van der Waals surface area contributed by atoms with Gasteiger partial charge in [-0.05, 0) is 49.9 Å². The maximum atomic E-state index is 13.5. The normalized spacial score (nSPS) is 13.9. The van der Waals surface area contributed by atoms with Crippen LogP contribution in [0.5, 0.6) is 0 Å². The Labute approximate surface area is 183 Å². The number of nitrogens with zero attached hydrogens (tertiary/aromatic N) is 2. The van der Waals surface area contributed by atoms with Gasteiger partial charge in [-0.2, -0.15) is 0 Å². The van der Waals surface area contributed by atoms with Gasteiger partial charge in [0.2, 0.25) is 0 Å². The fourth-order valence-electron chi connectivity index (χ4n) is 5.60. The van der Waals surface area contributed by atoms with Crippen molar-refractivity contribution in [3.63, 3.8) is 0 Å². The van der Waals surface area contributed by atoms with Crippen LogP contribution in [0.15, 0.2) is 48.8 Å². The van der Waals surface area contributed by atoms with Crippen molar-refractivity contribution in [2.24, 2.45) is 0 Å². The molecular formula is C21H32N2O6P2. The van der Waals surface area contributed by atoms with Gasteiger partial charge < -0.3 is 19.6 Å². The number of pyridine rings is 2. The Balaban J connectivity index is 3.25. The smallest absolute Gasteiger partial charge is 0.324 e. The molecule has 2 heterocycles. The molecule has 0 amide bonds. The van der Waals surface area contributed by atoms with Crippen molar-refractivity contribution in [3.8, 4) is 0 Å². The molecule has 172 valence electrons. The molecule has 0 aliphatic rings. The van der Waals surface area contributed by atoms with E-state index in [4.69, 9.17) is 0 Å². The van der Waals surface area contributed by atoms with Gasteiger partial charge in [-0.25, -0.2) is 0 Å². The molecule has 31 heavy (non-hydrogen) atoms. The fourth-order valence-corrected chi connectivity index (χ4v) is 10.9. The molecule has 2 aromatic heterocycles. The predicted octanol–water partition coefficient (Wildman–Crippen LogP) is 4.34. The predicted molar refractivity (Wildman–Crippen MR) is 120 cm³/mol. The van der Waals surface area contributed by atoms with Gasteiger partial charge in [-0.15, -0.1) is 0 Å². The minimum Gasteiger partial charge on any atom is -0.324 e. The molecule has 4 N–H and O–H groups in total. The zero-order valence-electron chi connectivity index (χ0n) is 18.3. The van der Waals surface area contributed by atoms with Crippen LogP contribution in [0.4, 0.5) is 0 Å². The molecule has 0 atom stereocenters. The number of hydrogen-bond acceptors (Lipinski definition) is 4. The van der Waals surface area contributed by atoms with Crippen molar-refractivity contribution in [1.29, 1.82) is 0 Å². The lowest BCUT2D eigenvalue weighted by Gasteiger charge is -2.58. The highest BCUT2D eigenvalue weighted by molar-refractivity contribution is 7.72. The van der Waals surface area contributed by atoms with E-state index < -0.39 is 30.9 Å². The molecule has 0 aliphatic carbocycles. The average Bonchev–Trinajstić information content (AvgIpc) is 2.74. The average molecular weight is 470 g/mol. The molecule has 0 fully saturated rings. The van der Waals surface area contributed by atoms with Crippen LogP contribution in [0.2, 0.25) is 0 Å². The Morgan fingerprint density at radius 1 is 0.677 bits per heavy atom. The van der Waals surface area contributed by atoms with Crippen molar-refractivity contribution in [2.45, 2.75) is 69.1 Å². The Kier molecular flexibility index (Phi) is 7.69. The molecule has 0 saturated carbocycles. The Morgan fingerprint density at radius 2 is 1.00 bits per heavy atom. The van der Waals surface area contributed by atoms with Crippen LogP contribution >= 0.6 is 15.2 Å². The van der Waals surface area contributed by atoms with Gasteiger partial charge in [-0.1, -0.05) is 39.8 Å². The zero-order chi connectivity index (χ0) is 23.6. The molecule has 2 aromatic rings. The first-order valence-corrected chi connectivity index (χ1v) is 13.6. The van der Waals surface area contributed by atoms with E-state index in [-0.39, 0.29) is 37.1 Å². The summed E-state index contributed by atoms with van der Waals surface area (Å²) in [5.74, 6) is 0. The monoisotopic (exact) mass is 470 g/mol. The summed E-state index contributed by atoms with van der Waals surface area (Å²) in [7, 11) is -11.0. The van der Waals surface area contributed by atoms with Crippen LogP contribution in [0, 0.1) is 0 Å². The second kappa shape index (κ2) is 9.22. The number of rotatable bonds is 10. The van der Waals surface area contributed by atoms with E-state index in [2.05, 4.69) is 9.97 Å². The SMILES string of the molecule is CCC(CC)(c1ccccn1)C(C(CC)(CC)c1ccccn1)(P(=O)(O)O)P(=O)(O)O. The summed E-state index contributed by atoms with van der Waals surface area (Å²) in [5.41, 5.74) is -2.77. The molecular weight excluding hydrogens is 438 g/mol. The van der Waals surface area contributed by atoms with Crippen LogP contribution in [0.3, 0.4) is 0 Å². The third-order valence-electron chi connectivity index (χ3n) is 6.90. The minimum atomic E-state index is -5.51. The van der Waals surface area contributed by atoms with Crippen LogP contribution in [-0.2, 0) is 20.0 Å². The lowest BCUT2D eigenvalue weighted by molar-refractivity contribution is 0.142. The standard InChI is InChI=1S/C21H32N2O6P2/c1-5-19(6-2,17-13-9-11-15-22-17)21(30(24,25)26,31(27,28)29)20(7-3,8-4)18-14-10-12-16-23-18/h9-16H,5-8H2,1-4H3,(H2,24,25,26)(H2,27,28,29). The van der Waals surface area contributed by atoms with Crippen LogP contribution in [0.1, 0.15) is 64.8 Å². The van der Waals surface area contributed by atoms with Gasteiger partial charge >= 0.3 is 15.2 Å². The molecule has 0 unspecified atom stereocenters. The molecule has 0 aromatic carbocycles. The lowest BCUT2D eigenvalue weighted by Crippen LogP contribution is -2.63. The zero-order valence-corrected chi connectivity index (χ0v) is 20.1. The third-order valence-corrected chi connectivity index (χ3v) is 11.9. The molecule has 8 nitrogen and oxygen atoms in total. The highest BCUT2D eigenvalue weighted by atomic mass is 31.2. The summed E-state index contributed by atoms with van der Waals surface area (Å²) in [6, 6.07) is 9.80. The minimum absolute atomic E-state index is 0.0608. The summed E-state index contributed by atoms with van der Waals surface area (Å²) < 4.78 is 27.0. The summed E-state index contributed by atoms with van der Waals surface area (Å²) in [6.45, 7) is 6.75. The highest BCUT2D eigenvalue weighted by Gasteiger charge is 2.79. The van der Waals surface area contributed by atoms with E-state index in [1.165, 1.54) is 12.4 Å². The third kappa shape index (κ3) is 3.64. The van der Waals surface area contributed by atoms with Gasteiger partial charge in [0.05, 0.1) is 0 Å². The summed E-state index contributed by atoms with van der Waals surface area (Å²) in [6.07, 6.45) is 3.19. The van der Waals surface area contributed by atoms with Crippen molar-refractivity contribution < 1.29 is 28.7 Å². The quantitative estimate of drug-likeness (QED) is 0.376. The van der Waals surface area contributed by atoms with E-state index in [1.54, 1.807) is 64.1 Å². The van der Waals surface area contributed by atoms with E-state index in [1.807, 2.05) is 0 Å². The summed E-state index contributed by atoms with van der Waals surface area (Å²) in [5, 5.41) is 0. The first kappa shape index (κ1) is 25.9. The Morgan fingerprint density at radius 3 is 1.19 bits per heavy atom. The van der Waals surface area contributed by atoms with Gasteiger partial charge in [0, 0.05) is 34.6 Å². The van der Waals surface area contributed by atoms with E-state index in [0.717, 1.165) is 0 Å². The second-order valence-electron chi connectivity index (χ2n) is 7.77. The molecule has 0 aliphatic heterocycles. The van der Waals surface area contributed by atoms with Crippen molar-refractivity contribution >= 4 is 15.2 Å². The van der Waals surface area contributed by atoms with Gasteiger partial charge in [0.25, 0.3) is 0 Å². The molecule has 0 spiro atoms. The first-order chi connectivity index (χ1) is 14.5. The van der Waals surface area contributed by atoms with Crippen molar-refractivity contribution in [3.05, 3.63) is 60.2 Å². The van der Waals surface area contributed by atoms with Gasteiger partial charge in [0.15, 0.2) is 4.90 Å². The van der Waals surface area contributed by atoms with Gasteiger partial charge in [0.1, 0.15) is 0 Å². The first-order valence-electron chi connectivity index (χ1n) is 10.4. The molecule has 10 heteroatoms. The largest absolute Gasteiger partial charge is 0.345 e. The van der Waals surface area contributed by atoms with Gasteiger partial charge in [-0.3, -0.25) is 19.1 Å². The molecule has 0 saturated heterocycles. The van der Waals surface area contributed by atoms with E-state index in [9.17, 15) is 28.7 Å². The second-order valence-corrected chi connectivity index (χ2v) is 11.6. The molecule has 2 rings (SSSR count). The Hall–Kier alpha value is -1.40. The van der Waals surface area contributed by atoms with Crippen LogP contribution in [-0.4, -0.2) is 34.4 Å². The van der Waals surface area contributed by atoms with E-state index in [0.29, 0.717) is 0 Å². The maximum absolute atomic E-state index is 13.5. The summed E-state index contributed by atoms with van der Waals surface area (Å²) in [4.78, 5) is 49.7. The number of aromatic nitrogens is 2.